The number of nitrogens with one attached hydrogen (secondary N) is 1. The minimum absolute atomic E-state index is 0.884. The highest BCUT2D eigenvalue weighted by atomic mass is 15.3. The van der Waals surface area contributed by atoms with E-state index in [4.69, 9.17) is 10.1 Å². The molecule has 1 aliphatic rings. The van der Waals surface area contributed by atoms with Gasteiger partial charge in [-0.1, -0.05) is 60.7 Å². The molecule has 0 amide bonds. The normalized spacial score (nSPS) is 13.0. The van der Waals surface area contributed by atoms with Crippen LogP contribution < -0.4 is 5.32 Å². The summed E-state index contributed by atoms with van der Waals surface area (Å²) in [5.74, 6) is 1.12. The number of fused-ring (bicyclic) bond motifs is 2. The molecule has 2 heterocycles. The molecule has 2 aromatic carbocycles. The summed E-state index contributed by atoms with van der Waals surface area (Å²) in [6, 6.07) is 21.1. The topological polar surface area (TPSA) is 42.2 Å². The van der Waals surface area contributed by atoms with Crippen LogP contribution in [0.25, 0.3) is 16.8 Å². The number of aromatic nitrogens is 3. The van der Waals surface area contributed by atoms with Crippen LogP contribution in [0.2, 0.25) is 0 Å². The Bertz CT molecular complexity index is 1110. The molecule has 4 aromatic rings. The average Bonchev–Trinajstić information content (AvgIpc) is 3.32. The molecule has 0 saturated heterocycles. The lowest BCUT2D eigenvalue weighted by Crippen LogP contribution is -2.13. The number of hydrogen-bond donors (Lipinski definition) is 1. The predicted molar refractivity (Wildman–Crippen MR) is 114 cm³/mol. The van der Waals surface area contributed by atoms with Gasteiger partial charge in [-0.25, -0.2) is 4.98 Å². The summed E-state index contributed by atoms with van der Waals surface area (Å²) in [4.78, 5) is 5.04. The van der Waals surface area contributed by atoms with E-state index in [0.29, 0.717) is 0 Å². The van der Waals surface area contributed by atoms with Gasteiger partial charge < -0.3 is 5.32 Å². The Labute approximate surface area is 165 Å². The molecular weight excluding hydrogens is 344 g/mol. The van der Waals surface area contributed by atoms with Crippen LogP contribution in [0.3, 0.4) is 0 Å². The van der Waals surface area contributed by atoms with E-state index < -0.39 is 0 Å². The number of anilines is 1. The molecule has 140 valence electrons. The third-order valence-corrected chi connectivity index (χ3v) is 5.57. The van der Waals surface area contributed by atoms with Crippen LogP contribution in [0, 0.1) is 6.92 Å². The van der Waals surface area contributed by atoms with Crippen LogP contribution in [-0.4, -0.2) is 21.1 Å². The van der Waals surface area contributed by atoms with E-state index in [1.807, 2.05) is 10.6 Å². The number of benzene rings is 2. The third kappa shape index (κ3) is 2.95. The minimum atomic E-state index is 0.884. The van der Waals surface area contributed by atoms with Gasteiger partial charge >= 0.3 is 0 Å². The quantitative estimate of drug-likeness (QED) is 0.548. The van der Waals surface area contributed by atoms with Crippen molar-refractivity contribution in [2.75, 3.05) is 11.9 Å². The number of nitrogens with zero attached hydrogens (tertiary/aromatic N) is 3. The first-order valence-corrected chi connectivity index (χ1v) is 10.1. The molecule has 1 N–H and O–H groups in total. The Balaban J connectivity index is 1.56. The van der Waals surface area contributed by atoms with Gasteiger partial charge in [0.25, 0.3) is 0 Å². The van der Waals surface area contributed by atoms with Gasteiger partial charge in [-0.05, 0) is 43.7 Å². The largest absolute Gasteiger partial charge is 0.369 e. The van der Waals surface area contributed by atoms with Crippen molar-refractivity contribution in [1.29, 1.82) is 0 Å². The fraction of sp³-hybridized carbons (Fsp3) is 0.250. The van der Waals surface area contributed by atoms with Gasteiger partial charge in [0.15, 0.2) is 5.65 Å². The maximum atomic E-state index is 5.04. The minimum Gasteiger partial charge on any atom is -0.369 e. The Morgan fingerprint density at radius 2 is 1.71 bits per heavy atom. The fourth-order valence-corrected chi connectivity index (χ4v) is 4.23. The molecule has 0 fully saturated rings. The van der Waals surface area contributed by atoms with Crippen molar-refractivity contribution < 1.29 is 0 Å². The SMILES string of the molecule is Cc1nn2c(NCCc3ccccc3)c3c(nc2c1-c1ccccc1)CCC3. The lowest BCUT2D eigenvalue weighted by Gasteiger charge is -2.13. The highest BCUT2D eigenvalue weighted by Gasteiger charge is 2.23. The second-order valence-corrected chi connectivity index (χ2v) is 7.46. The molecule has 0 atom stereocenters. The molecule has 0 saturated carbocycles. The van der Waals surface area contributed by atoms with Crippen LogP contribution in [-0.2, 0) is 19.3 Å². The zero-order valence-corrected chi connectivity index (χ0v) is 16.2. The summed E-state index contributed by atoms with van der Waals surface area (Å²) in [6.07, 6.45) is 4.29. The molecule has 4 heteroatoms. The molecule has 0 radical (unpaired) electrons. The lowest BCUT2D eigenvalue weighted by atomic mass is 10.1. The summed E-state index contributed by atoms with van der Waals surface area (Å²) < 4.78 is 2.03. The molecule has 4 nitrogen and oxygen atoms in total. The summed E-state index contributed by atoms with van der Waals surface area (Å²) >= 11 is 0. The smallest absolute Gasteiger partial charge is 0.165 e. The summed E-state index contributed by atoms with van der Waals surface area (Å²) in [6.45, 7) is 2.96. The molecule has 1 aliphatic carbocycles. The fourth-order valence-electron chi connectivity index (χ4n) is 4.23. The Hall–Kier alpha value is -3.14. The standard InChI is InChI=1S/C24H24N4/c1-17-22(19-11-6-3-7-12-19)24-26-21-14-8-13-20(21)23(28(24)27-17)25-16-15-18-9-4-2-5-10-18/h2-7,9-12,25H,8,13-16H2,1H3. The highest BCUT2D eigenvalue weighted by Crippen LogP contribution is 2.34. The summed E-state index contributed by atoms with van der Waals surface area (Å²) in [5.41, 5.74) is 8.21. The first-order chi connectivity index (χ1) is 13.8. The first-order valence-electron chi connectivity index (χ1n) is 10.1. The maximum Gasteiger partial charge on any atom is 0.165 e. The molecule has 0 unspecified atom stereocenters. The van der Waals surface area contributed by atoms with Gasteiger partial charge in [0.2, 0.25) is 0 Å². The van der Waals surface area contributed by atoms with Crippen LogP contribution in [0.1, 0.15) is 28.9 Å². The van der Waals surface area contributed by atoms with Gasteiger partial charge in [-0.2, -0.15) is 9.61 Å². The first kappa shape index (κ1) is 17.0. The molecule has 0 aliphatic heterocycles. The van der Waals surface area contributed by atoms with Crippen molar-refractivity contribution in [3.63, 3.8) is 0 Å². The number of aryl methyl sites for hydroxylation is 2. The summed E-state index contributed by atoms with van der Waals surface area (Å²) in [5, 5.41) is 8.57. The van der Waals surface area contributed by atoms with Gasteiger partial charge in [-0.15, -0.1) is 0 Å². The second-order valence-electron chi connectivity index (χ2n) is 7.46. The Kier molecular flexibility index (Phi) is 4.32. The molecule has 0 bridgehead atoms. The van der Waals surface area contributed by atoms with E-state index in [1.165, 1.54) is 28.8 Å². The van der Waals surface area contributed by atoms with Crippen LogP contribution in [0.15, 0.2) is 60.7 Å². The average molecular weight is 368 g/mol. The molecule has 5 rings (SSSR count). The highest BCUT2D eigenvalue weighted by molar-refractivity contribution is 5.81. The molecule has 0 spiro atoms. The predicted octanol–water partition coefficient (Wildman–Crippen LogP) is 4.85. The van der Waals surface area contributed by atoms with Crippen molar-refractivity contribution in [1.82, 2.24) is 14.6 Å². The molecule has 28 heavy (non-hydrogen) atoms. The van der Waals surface area contributed by atoms with Crippen LogP contribution in [0.4, 0.5) is 5.82 Å². The van der Waals surface area contributed by atoms with Gasteiger partial charge in [0.1, 0.15) is 5.82 Å². The van der Waals surface area contributed by atoms with Crippen LogP contribution in [0.5, 0.6) is 0 Å². The van der Waals surface area contributed by atoms with Crippen molar-refractivity contribution >= 4 is 11.5 Å². The molecular formula is C24H24N4. The van der Waals surface area contributed by atoms with Crippen molar-refractivity contribution in [3.8, 4) is 11.1 Å². The van der Waals surface area contributed by atoms with E-state index in [-0.39, 0.29) is 0 Å². The Morgan fingerprint density at radius 3 is 2.50 bits per heavy atom. The number of rotatable bonds is 5. The van der Waals surface area contributed by atoms with Crippen LogP contribution >= 0.6 is 0 Å². The van der Waals surface area contributed by atoms with Crippen molar-refractivity contribution in [2.24, 2.45) is 0 Å². The zero-order chi connectivity index (χ0) is 18.9. The Morgan fingerprint density at radius 1 is 0.964 bits per heavy atom. The zero-order valence-electron chi connectivity index (χ0n) is 16.2. The van der Waals surface area contributed by atoms with E-state index in [2.05, 4.69) is 66.8 Å². The van der Waals surface area contributed by atoms with Crippen molar-refractivity contribution in [3.05, 3.63) is 83.2 Å². The van der Waals surface area contributed by atoms with Gasteiger partial charge in [-0.3, -0.25) is 0 Å². The van der Waals surface area contributed by atoms with Crippen molar-refractivity contribution in [2.45, 2.75) is 32.6 Å². The van der Waals surface area contributed by atoms with E-state index in [0.717, 1.165) is 48.5 Å². The van der Waals surface area contributed by atoms with E-state index >= 15 is 0 Å². The number of hydrogen-bond acceptors (Lipinski definition) is 3. The summed E-state index contributed by atoms with van der Waals surface area (Å²) in [7, 11) is 0. The lowest BCUT2D eigenvalue weighted by molar-refractivity contribution is 0.880. The second kappa shape index (κ2) is 7.12. The van der Waals surface area contributed by atoms with Gasteiger partial charge in [0, 0.05) is 23.4 Å². The van der Waals surface area contributed by atoms with E-state index in [9.17, 15) is 0 Å². The van der Waals surface area contributed by atoms with E-state index in [1.54, 1.807) is 0 Å². The third-order valence-electron chi connectivity index (χ3n) is 5.57. The van der Waals surface area contributed by atoms with Gasteiger partial charge in [0.05, 0.1) is 5.69 Å². The molecule has 2 aromatic heterocycles. The maximum absolute atomic E-state index is 5.04. The monoisotopic (exact) mass is 368 g/mol.